The first-order chi connectivity index (χ1) is 6.77. The van der Waals surface area contributed by atoms with Gasteiger partial charge in [0.15, 0.2) is 5.82 Å². The third kappa shape index (κ3) is 1.91. The molecule has 2 rings (SSSR count). The van der Waals surface area contributed by atoms with Crippen LogP contribution in [0.15, 0.2) is 12.3 Å². The molecule has 1 saturated heterocycles. The lowest BCUT2D eigenvalue weighted by Gasteiger charge is -2.28. The first kappa shape index (κ1) is 9.55. The molecule has 4 nitrogen and oxygen atoms in total. The van der Waals surface area contributed by atoms with Gasteiger partial charge in [-0.25, -0.2) is 4.98 Å². The Kier molecular flexibility index (Phi) is 2.74. The van der Waals surface area contributed by atoms with E-state index < -0.39 is 0 Å². The number of hydrogen-bond acceptors (Lipinski definition) is 4. The lowest BCUT2D eigenvalue weighted by Crippen LogP contribution is -2.37. The zero-order chi connectivity index (χ0) is 9.97. The zero-order valence-electron chi connectivity index (χ0n) is 7.74. The summed E-state index contributed by atoms with van der Waals surface area (Å²) in [4.78, 5) is 6.32. The van der Waals surface area contributed by atoms with Crippen LogP contribution in [0.3, 0.4) is 0 Å². The second-order valence-corrected chi connectivity index (χ2v) is 3.60. The van der Waals surface area contributed by atoms with E-state index in [1.54, 1.807) is 12.3 Å². The van der Waals surface area contributed by atoms with Crippen molar-refractivity contribution in [3.8, 4) is 0 Å². The second-order valence-electron chi connectivity index (χ2n) is 3.17. The molecule has 1 aromatic rings. The maximum atomic E-state index is 5.82. The van der Waals surface area contributed by atoms with Gasteiger partial charge in [-0.3, -0.25) is 0 Å². The van der Waals surface area contributed by atoms with E-state index in [0.29, 0.717) is 10.7 Å². The number of nitrogens with two attached hydrogens (primary N) is 1. The number of nitrogens with zero attached hydrogens (tertiary/aromatic N) is 2. The van der Waals surface area contributed by atoms with E-state index in [9.17, 15) is 0 Å². The van der Waals surface area contributed by atoms with Gasteiger partial charge in [-0.15, -0.1) is 0 Å². The number of halogens is 1. The molecule has 1 aromatic heterocycles. The Labute approximate surface area is 87.6 Å². The highest BCUT2D eigenvalue weighted by atomic mass is 35.5. The van der Waals surface area contributed by atoms with E-state index in [1.165, 1.54) is 0 Å². The van der Waals surface area contributed by atoms with Crippen molar-refractivity contribution in [1.82, 2.24) is 4.98 Å². The van der Waals surface area contributed by atoms with Crippen molar-refractivity contribution < 1.29 is 4.74 Å². The number of aromatic nitrogens is 1. The molecule has 0 unspecified atom stereocenters. The average Bonchev–Trinajstić information content (AvgIpc) is 2.19. The Bertz CT molecular complexity index is 326. The summed E-state index contributed by atoms with van der Waals surface area (Å²) in [5.74, 6) is 0.803. The van der Waals surface area contributed by atoms with Gasteiger partial charge >= 0.3 is 0 Å². The van der Waals surface area contributed by atoms with E-state index >= 15 is 0 Å². The van der Waals surface area contributed by atoms with Crippen LogP contribution in [0, 0.1) is 0 Å². The smallest absolute Gasteiger partial charge is 0.152 e. The van der Waals surface area contributed by atoms with Gasteiger partial charge in [0, 0.05) is 19.3 Å². The van der Waals surface area contributed by atoms with Crippen LogP contribution in [0.2, 0.25) is 5.02 Å². The number of rotatable bonds is 1. The quantitative estimate of drug-likeness (QED) is 0.761. The summed E-state index contributed by atoms with van der Waals surface area (Å²) in [5, 5.41) is 0.569. The summed E-state index contributed by atoms with van der Waals surface area (Å²) in [6.45, 7) is 3.12. The molecule has 0 aromatic carbocycles. The second kappa shape index (κ2) is 4.02. The van der Waals surface area contributed by atoms with Crippen molar-refractivity contribution in [1.29, 1.82) is 0 Å². The summed E-state index contributed by atoms with van der Waals surface area (Å²) in [6, 6.07) is 1.72. The lowest BCUT2D eigenvalue weighted by molar-refractivity contribution is 0.122. The summed E-state index contributed by atoms with van der Waals surface area (Å²) < 4.78 is 5.25. The van der Waals surface area contributed by atoms with Crippen LogP contribution in [-0.2, 0) is 4.74 Å². The average molecular weight is 214 g/mol. The largest absolute Gasteiger partial charge is 0.396 e. The number of ether oxygens (including phenoxy) is 1. The number of hydrogen-bond donors (Lipinski definition) is 1. The van der Waals surface area contributed by atoms with Crippen molar-refractivity contribution in [3.63, 3.8) is 0 Å². The predicted molar refractivity (Wildman–Crippen MR) is 56.7 cm³/mol. The summed E-state index contributed by atoms with van der Waals surface area (Å²) in [6.07, 6.45) is 1.61. The molecule has 0 spiro atoms. The number of pyridine rings is 1. The minimum absolute atomic E-state index is 0.569. The van der Waals surface area contributed by atoms with E-state index in [1.807, 2.05) is 0 Å². The molecule has 0 bridgehead atoms. The van der Waals surface area contributed by atoms with Crippen LogP contribution in [0.4, 0.5) is 11.5 Å². The molecule has 1 fully saturated rings. The third-order valence-corrected chi connectivity index (χ3v) is 2.38. The van der Waals surface area contributed by atoms with Crippen molar-refractivity contribution in [2.45, 2.75) is 0 Å². The minimum atomic E-state index is 0.569. The summed E-state index contributed by atoms with van der Waals surface area (Å²) >= 11 is 5.77. The first-order valence-corrected chi connectivity index (χ1v) is 4.89. The van der Waals surface area contributed by atoms with E-state index in [2.05, 4.69) is 9.88 Å². The highest BCUT2D eigenvalue weighted by Gasteiger charge is 2.14. The molecule has 0 amide bonds. The van der Waals surface area contributed by atoms with Gasteiger partial charge in [0.05, 0.1) is 23.9 Å². The van der Waals surface area contributed by atoms with Crippen LogP contribution in [0.5, 0.6) is 0 Å². The van der Waals surface area contributed by atoms with Gasteiger partial charge in [0.2, 0.25) is 0 Å². The van der Waals surface area contributed by atoms with Crippen LogP contribution in [-0.4, -0.2) is 31.3 Å². The molecular formula is C9H12ClN3O. The molecule has 2 N–H and O–H groups in total. The molecule has 0 saturated carbocycles. The molecule has 76 valence electrons. The van der Waals surface area contributed by atoms with Crippen LogP contribution in [0.1, 0.15) is 0 Å². The lowest BCUT2D eigenvalue weighted by atomic mass is 10.3. The fourth-order valence-electron chi connectivity index (χ4n) is 1.49. The topological polar surface area (TPSA) is 51.4 Å². The molecule has 0 aliphatic carbocycles. The van der Waals surface area contributed by atoms with Gasteiger partial charge in [-0.2, -0.15) is 0 Å². The molecule has 0 atom stereocenters. The fourth-order valence-corrected chi connectivity index (χ4v) is 1.65. The molecule has 0 radical (unpaired) electrons. The SMILES string of the molecule is Nc1cc(Cl)cnc1N1CCOCC1. The van der Waals surface area contributed by atoms with E-state index in [4.69, 9.17) is 22.1 Å². The predicted octanol–water partition coefficient (Wildman–Crippen LogP) is 1.15. The Hall–Kier alpha value is -1.00. The van der Waals surface area contributed by atoms with Crippen molar-refractivity contribution in [2.24, 2.45) is 0 Å². The third-order valence-electron chi connectivity index (χ3n) is 2.17. The molecule has 14 heavy (non-hydrogen) atoms. The fraction of sp³-hybridized carbons (Fsp3) is 0.444. The van der Waals surface area contributed by atoms with Gasteiger partial charge in [-0.1, -0.05) is 11.6 Å². The van der Waals surface area contributed by atoms with Crippen molar-refractivity contribution in [3.05, 3.63) is 17.3 Å². The van der Waals surface area contributed by atoms with Gasteiger partial charge in [0.1, 0.15) is 0 Å². The Balaban J connectivity index is 2.22. The molecule has 1 aliphatic heterocycles. The normalized spacial score (nSPS) is 17.1. The maximum Gasteiger partial charge on any atom is 0.152 e. The molecule has 1 aliphatic rings. The highest BCUT2D eigenvalue weighted by Crippen LogP contribution is 2.23. The first-order valence-electron chi connectivity index (χ1n) is 4.51. The summed E-state index contributed by atoms with van der Waals surface area (Å²) in [5.41, 5.74) is 6.45. The van der Waals surface area contributed by atoms with Gasteiger partial charge < -0.3 is 15.4 Å². The molecule has 2 heterocycles. The number of nitrogen functional groups attached to an aromatic ring is 1. The van der Waals surface area contributed by atoms with E-state index in [-0.39, 0.29) is 0 Å². The zero-order valence-corrected chi connectivity index (χ0v) is 8.50. The van der Waals surface area contributed by atoms with Crippen molar-refractivity contribution in [2.75, 3.05) is 36.9 Å². The molecular weight excluding hydrogens is 202 g/mol. The van der Waals surface area contributed by atoms with Crippen molar-refractivity contribution >= 4 is 23.1 Å². The maximum absolute atomic E-state index is 5.82. The van der Waals surface area contributed by atoms with Crippen LogP contribution < -0.4 is 10.6 Å². The number of morpholine rings is 1. The Morgan fingerprint density at radius 3 is 2.79 bits per heavy atom. The van der Waals surface area contributed by atoms with Crippen LogP contribution >= 0.6 is 11.6 Å². The van der Waals surface area contributed by atoms with Crippen LogP contribution in [0.25, 0.3) is 0 Å². The molecule has 5 heteroatoms. The van der Waals surface area contributed by atoms with E-state index in [0.717, 1.165) is 32.1 Å². The minimum Gasteiger partial charge on any atom is -0.396 e. The highest BCUT2D eigenvalue weighted by molar-refractivity contribution is 6.30. The Morgan fingerprint density at radius 2 is 2.14 bits per heavy atom. The van der Waals surface area contributed by atoms with Gasteiger partial charge in [0.25, 0.3) is 0 Å². The summed E-state index contributed by atoms with van der Waals surface area (Å²) in [7, 11) is 0. The number of anilines is 2. The monoisotopic (exact) mass is 213 g/mol. The van der Waals surface area contributed by atoms with Gasteiger partial charge in [-0.05, 0) is 6.07 Å². The Morgan fingerprint density at radius 1 is 1.43 bits per heavy atom. The standard InChI is InChI=1S/C9H12ClN3O/c10-7-5-8(11)9(12-6-7)13-1-3-14-4-2-13/h5-6H,1-4,11H2.